The van der Waals surface area contributed by atoms with Crippen molar-refractivity contribution in [3.63, 3.8) is 0 Å². The van der Waals surface area contributed by atoms with Gasteiger partial charge in [0.15, 0.2) is 6.17 Å². The van der Waals surface area contributed by atoms with Crippen molar-refractivity contribution in [2.75, 3.05) is 7.05 Å². The van der Waals surface area contributed by atoms with Crippen LogP contribution in [0.1, 0.15) is 67.1 Å². The zero-order valence-electron chi connectivity index (χ0n) is 18.5. The third-order valence-corrected chi connectivity index (χ3v) is 6.70. The van der Waals surface area contributed by atoms with E-state index >= 15 is 0 Å². The topological polar surface area (TPSA) is 101 Å². The highest BCUT2D eigenvalue weighted by molar-refractivity contribution is 5.95. The van der Waals surface area contributed by atoms with Gasteiger partial charge >= 0.3 is 6.09 Å². The zero-order chi connectivity index (χ0) is 23.7. The number of pyridine rings is 1. The fraction of sp³-hybridized carbons (Fsp3) is 0.391. The number of hydroxylamine groups is 1. The molecule has 3 aliphatic rings. The molecule has 11 heteroatoms. The zero-order valence-corrected chi connectivity index (χ0v) is 18.5. The van der Waals surface area contributed by atoms with Gasteiger partial charge in [-0.05, 0) is 31.9 Å². The molecule has 4 heterocycles. The van der Waals surface area contributed by atoms with Crippen molar-refractivity contribution >= 4 is 22.9 Å². The molecule has 1 aliphatic carbocycles. The van der Waals surface area contributed by atoms with Crippen LogP contribution in [-0.4, -0.2) is 38.5 Å². The Balaban J connectivity index is 1.56. The molecular weight excluding hydrogens is 446 g/mol. The van der Waals surface area contributed by atoms with Gasteiger partial charge in [0.2, 0.25) is 5.91 Å². The van der Waals surface area contributed by atoms with Crippen molar-refractivity contribution in [3.05, 3.63) is 47.0 Å². The predicted octanol–water partition coefficient (Wildman–Crippen LogP) is 3.69. The Morgan fingerprint density at radius 3 is 2.68 bits per heavy atom. The van der Waals surface area contributed by atoms with Crippen molar-refractivity contribution in [2.24, 2.45) is 0 Å². The van der Waals surface area contributed by atoms with Crippen LogP contribution in [0.5, 0.6) is 0 Å². The average molecular weight is 468 g/mol. The molecule has 2 N–H and O–H groups in total. The lowest BCUT2D eigenvalue weighted by atomic mass is 9.99. The number of hydrogen-bond donors (Lipinski definition) is 2. The summed E-state index contributed by atoms with van der Waals surface area (Å²) in [6.45, 7) is 2.26. The van der Waals surface area contributed by atoms with E-state index in [0.717, 1.165) is 24.4 Å². The van der Waals surface area contributed by atoms with Gasteiger partial charge in [0.1, 0.15) is 11.9 Å². The summed E-state index contributed by atoms with van der Waals surface area (Å²) >= 11 is 0. The van der Waals surface area contributed by atoms with E-state index in [4.69, 9.17) is 4.98 Å². The van der Waals surface area contributed by atoms with Crippen LogP contribution in [0.15, 0.2) is 24.3 Å². The van der Waals surface area contributed by atoms with Gasteiger partial charge in [0.25, 0.3) is 6.43 Å². The first-order valence-electron chi connectivity index (χ1n) is 11.1. The summed E-state index contributed by atoms with van der Waals surface area (Å²) in [5.41, 5.74) is 4.84. The average Bonchev–Trinajstić information content (AvgIpc) is 3.46. The summed E-state index contributed by atoms with van der Waals surface area (Å²) in [7, 11) is 1.76. The lowest BCUT2D eigenvalue weighted by Crippen LogP contribution is -2.39. The van der Waals surface area contributed by atoms with Crippen LogP contribution in [0.25, 0.3) is 22.2 Å². The first kappa shape index (κ1) is 21.0. The molecule has 0 bridgehead atoms. The molecule has 9 nitrogen and oxygen atoms in total. The number of rotatable bonds is 4. The van der Waals surface area contributed by atoms with E-state index < -0.39 is 18.7 Å². The molecule has 2 aromatic heterocycles. The Morgan fingerprint density at radius 2 is 2.00 bits per heavy atom. The number of nitrogens with one attached hydrogen (secondary N) is 2. The number of carbonyl (C=O) groups is 2. The number of nitrogens with zero attached hydrogens (tertiary/aromatic N) is 4. The predicted molar refractivity (Wildman–Crippen MR) is 117 cm³/mol. The summed E-state index contributed by atoms with van der Waals surface area (Å²) in [6, 6.07) is 6.42. The second kappa shape index (κ2) is 7.45. The van der Waals surface area contributed by atoms with E-state index in [9.17, 15) is 18.4 Å². The number of amides is 2. The SMILES string of the molecule is C[C@@H]1C(=O)N(C)Cc2c(-c3cccc4nc(C5NOC(=O)N5)c(C(F)F)cc34)nc(C3CC3)n21. The number of fused-ring (bicyclic) bond motifs is 2. The molecule has 1 unspecified atom stereocenters. The Labute approximate surface area is 193 Å². The molecule has 176 valence electrons. The lowest BCUT2D eigenvalue weighted by molar-refractivity contribution is -0.135. The van der Waals surface area contributed by atoms with Crippen LogP contribution in [0.3, 0.4) is 0 Å². The second-order valence-corrected chi connectivity index (χ2v) is 9.00. The van der Waals surface area contributed by atoms with Gasteiger partial charge in [-0.1, -0.05) is 12.1 Å². The number of halogens is 2. The normalized spacial score (nSPS) is 22.3. The van der Waals surface area contributed by atoms with E-state index in [1.54, 1.807) is 24.1 Å². The molecule has 0 radical (unpaired) electrons. The van der Waals surface area contributed by atoms with Gasteiger partial charge in [0.05, 0.1) is 29.1 Å². The first-order chi connectivity index (χ1) is 16.3. The smallest absolute Gasteiger partial charge is 0.351 e. The Bertz CT molecular complexity index is 1350. The molecule has 1 aromatic carbocycles. The van der Waals surface area contributed by atoms with Crippen LogP contribution in [0.4, 0.5) is 13.6 Å². The minimum Gasteiger partial charge on any atom is -0.351 e. The number of likely N-dealkylation sites (N-methyl/N-ethyl adjacent to an activating group) is 1. The molecule has 6 rings (SSSR count). The van der Waals surface area contributed by atoms with E-state index in [0.29, 0.717) is 34.6 Å². The van der Waals surface area contributed by atoms with Gasteiger partial charge < -0.3 is 14.3 Å². The summed E-state index contributed by atoms with van der Waals surface area (Å²) < 4.78 is 30.2. The minimum atomic E-state index is -2.82. The number of imidazole rings is 1. The van der Waals surface area contributed by atoms with Crippen LogP contribution in [-0.2, 0) is 16.2 Å². The van der Waals surface area contributed by atoms with E-state index in [1.165, 1.54) is 6.07 Å². The quantitative estimate of drug-likeness (QED) is 0.606. The minimum absolute atomic E-state index is 0.00464. The third-order valence-electron chi connectivity index (χ3n) is 6.70. The van der Waals surface area contributed by atoms with Crippen molar-refractivity contribution in [1.82, 2.24) is 30.2 Å². The molecule has 3 aromatic rings. The highest BCUT2D eigenvalue weighted by atomic mass is 19.3. The summed E-state index contributed by atoms with van der Waals surface area (Å²) in [5.74, 6) is 1.21. The standard InChI is InChI=1S/C23H22F2N6O3/c1-10-22(32)30(2)9-16-17(27-21(31(10)16)11-6-7-11)12-4-3-5-15-13(12)8-14(19(24)25)18(26-15)20-28-23(33)34-29-20/h3-5,8,10-11,19-20,29H,6-7,9H2,1-2H3,(H,28,33)/t10-,20?/m1/s1. The summed E-state index contributed by atoms with van der Waals surface area (Å²) in [6.07, 6.45) is -2.52. The second-order valence-electron chi connectivity index (χ2n) is 9.00. The fourth-order valence-corrected chi connectivity index (χ4v) is 4.90. The molecule has 2 amide bonds. The molecule has 34 heavy (non-hydrogen) atoms. The summed E-state index contributed by atoms with van der Waals surface area (Å²) in [5, 5.41) is 2.96. The summed E-state index contributed by atoms with van der Waals surface area (Å²) in [4.78, 5) is 39.9. The molecule has 2 atom stereocenters. The Kier molecular flexibility index (Phi) is 4.60. The third kappa shape index (κ3) is 3.14. The molecule has 2 aliphatic heterocycles. The van der Waals surface area contributed by atoms with Crippen LogP contribution < -0.4 is 10.8 Å². The fourth-order valence-electron chi connectivity index (χ4n) is 4.90. The van der Waals surface area contributed by atoms with Gasteiger partial charge in [-0.2, -0.15) is 0 Å². The molecular formula is C23H22F2N6O3. The van der Waals surface area contributed by atoms with E-state index in [1.807, 2.05) is 17.6 Å². The first-order valence-corrected chi connectivity index (χ1v) is 11.1. The highest BCUT2D eigenvalue weighted by Crippen LogP contribution is 2.45. The number of benzene rings is 1. The maximum atomic E-state index is 14.1. The molecule has 2 fully saturated rings. The van der Waals surface area contributed by atoms with Crippen molar-refractivity contribution in [3.8, 4) is 11.3 Å². The van der Waals surface area contributed by atoms with Gasteiger partial charge in [-0.3, -0.25) is 10.1 Å². The van der Waals surface area contributed by atoms with E-state index in [-0.39, 0.29) is 23.2 Å². The lowest BCUT2D eigenvalue weighted by Gasteiger charge is -2.31. The van der Waals surface area contributed by atoms with Crippen molar-refractivity contribution in [1.29, 1.82) is 0 Å². The van der Waals surface area contributed by atoms with Crippen molar-refractivity contribution < 1.29 is 23.2 Å². The monoisotopic (exact) mass is 468 g/mol. The highest BCUT2D eigenvalue weighted by Gasteiger charge is 2.39. The maximum Gasteiger partial charge on any atom is 0.427 e. The number of carbonyl (C=O) groups excluding carboxylic acids is 2. The molecule has 1 saturated heterocycles. The maximum absolute atomic E-state index is 14.1. The van der Waals surface area contributed by atoms with Gasteiger partial charge in [-0.15, -0.1) is 5.48 Å². The number of alkyl halides is 2. The molecule has 0 spiro atoms. The molecule has 1 saturated carbocycles. The number of aromatic nitrogens is 3. The Morgan fingerprint density at radius 1 is 1.21 bits per heavy atom. The Hall–Kier alpha value is -3.60. The van der Waals surface area contributed by atoms with Gasteiger partial charge in [-0.25, -0.2) is 23.5 Å². The van der Waals surface area contributed by atoms with Crippen molar-refractivity contribution in [2.45, 2.75) is 50.9 Å². The largest absolute Gasteiger partial charge is 0.427 e. The van der Waals surface area contributed by atoms with E-state index in [2.05, 4.69) is 20.6 Å². The van der Waals surface area contributed by atoms with Crippen LogP contribution >= 0.6 is 0 Å². The van der Waals surface area contributed by atoms with Crippen LogP contribution in [0, 0.1) is 0 Å². The van der Waals surface area contributed by atoms with Crippen LogP contribution in [0.2, 0.25) is 0 Å². The number of hydrogen-bond acceptors (Lipinski definition) is 6. The van der Waals surface area contributed by atoms with Gasteiger partial charge in [0, 0.05) is 29.5 Å².